The second-order valence-electron chi connectivity index (χ2n) is 5.76. The predicted molar refractivity (Wildman–Crippen MR) is 83.0 cm³/mol. The summed E-state index contributed by atoms with van der Waals surface area (Å²) < 4.78 is 33.2. The van der Waals surface area contributed by atoms with Gasteiger partial charge in [0.25, 0.3) is 10.2 Å². The fourth-order valence-electron chi connectivity index (χ4n) is 1.59. The minimum atomic E-state index is -3.39. The Balaban J connectivity index is 4.16. The Kier molecular flexibility index (Phi) is 9.58. The molecule has 0 aromatic heterocycles. The Bertz CT molecular complexity index is 345. The smallest absolute Gasteiger partial charge is 0.279 e. The Labute approximate surface area is 124 Å². The second kappa shape index (κ2) is 9.68. The topological polar surface area (TPSA) is 70.7 Å². The Morgan fingerprint density at radius 1 is 1.30 bits per heavy atom. The number of ether oxygens (including phenoxy) is 1. The van der Waals surface area contributed by atoms with Gasteiger partial charge in [-0.25, -0.2) is 4.72 Å². The third-order valence-electron chi connectivity index (χ3n) is 3.20. The summed E-state index contributed by atoms with van der Waals surface area (Å²) in [5.41, 5.74) is -0.117. The molecule has 0 aliphatic rings. The third kappa shape index (κ3) is 8.86. The molecule has 122 valence electrons. The van der Waals surface area contributed by atoms with Crippen LogP contribution in [0, 0.1) is 5.41 Å². The lowest BCUT2D eigenvalue weighted by Crippen LogP contribution is -2.43. The fraction of sp³-hybridized carbons (Fsp3) is 1.00. The zero-order valence-corrected chi connectivity index (χ0v) is 14.3. The highest BCUT2D eigenvalue weighted by molar-refractivity contribution is 7.87. The van der Waals surface area contributed by atoms with Crippen LogP contribution in [0.1, 0.15) is 33.6 Å². The molecule has 0 atom stereocenters. The van der Waals surface area contributed by atoms with E-state index in [0.717, 1.165) is 25.9 Å². The molecule has 0 saturated heterocycles. The molecule has 0 aromatic rings. The number of hydrogen-bond donors (Lipinski definition) is 2. The highest BCUT2D eigenvalue weighted by Gasteiger charge is 2.23. The molecule has 6 nitrogen and oxygen atoms in total. The molecule has 0 aromatic carbocycles. The van der Waals surface area contributed by atoms with Crippen molar-refractivity contribution in [3.8, 4) is 0 Å². The van der Waals surface area contributed by atoms with Crippen molar-refractivity contribution in [1.82, 2.24) is 14.3 Å². The molecular weight excluding hydrogens is 278 g/mol. The third-order valence-corrected chi connectivity index (χ3v) is 4.72. The highest BCUT2D eigenvalue weighted by atomic mass is 32.2. The van der Waals surface area contributed by atoms with Gasteiger partial charge in [-0.1, -0.05) is 20.8 Å². The van der Waals surface area contributed by atoms with Gasteiger partial charge in [0.1, 0.15) is 0 Å². The standard InChI is InChI=1S/C13H31N3O3S/c1-6-14-9-7-10-16(4)20(17,18)15-12-13(2,3)8-11-19-5/h14-15H,6-12H2,1-5H3. The van der Waals surface area contributed by atoms with E-state index in [2.05, 4.69) is 10.0 Å². The fourth-order valence-corrected chi connectivity index (χ4v) is 2.75. The maximum Gasteiger partial charge on any atom is 0.279 e. The molecule has 2 N–H and O–H groups in total. The van der Waals surface area contributed by atoms with Crippen LogP contribution in [-0.2, 0) is 14.9 Å². The van der Waals surface area contributed by atoms with Crippen LogP contribution in [0.3, 0.4) is 0 Å². The summed E-state index contributed by atoms with van der Waals surface area (Å²) >= 11 is 0. The van der Waals surface area contributed by atoms with E-state index in [4.69, 9.17) is 4.74 Å². The van der Waals surface area contributed by atoms with Crippen LogP contribution in [0.2, 0.25) is 0 Å². The van der Waals surface area contributed by atoms with Gasteiger partial charge in [0.05, 0.1) is 0 Å². The van der Waals surface area contributed by atoms with Crippen molar-refractivity contribution >= 4 is 10.2 Å². The van der Waals surface area contributed by atoms with Gasteiger partial charge in [0.2, 0.25) is 0 Å². The quantitative estimate of drug-likeness (QED) is 0.524. The number of nitrogens with one attached hydrogen (secondary N) is 2. The second-order valence-corrected chi connectivity index (χ2v) is 7.62. The van der Waals surface area contributed by atoms with Gasteiger partial charge in [0.15, 0.2) is 0 Å². The lowest BCUT2D eigenvalue weighted by molar-refractivity contribution is 0.153. The zero-order chi connectivity index (χ0) is 15.6. The summed E-state index contributed by atoms with van der Waals surface area (Å²) in [6.45, 7) is 9.38. The number of methoxy groups -OCH3 is 1. The van der Waals surface area contributed by atoms with Gasteiger partial charge in [-0.3, -0.25) is 0 Å². The molecule has 20 heavy (non-hydrogen) atoms. The molecule has 0 radical (unpaired) electrons. The summed E-state index contributed by atoms with van der Waals surface area (Å²) in [5, 5.41) is 3.18. The van der Waals surface area contributed by atoms with E-state index >= 15 is 0 Å². The molecule has 0 bridgehead atoms. The maximum absolute atomic E-state index is 12.1. The summed E-state index contributed by atoms with van der Waals surface area (Å²) in [6, 6.07) is 0. The van der Waals surface area contributed by atoms with Crippen molar-refractivity contribution < 1.29 is 13.2 Å². The minimum absolute atomic E-state index is 0.117. The van der Waals surface area contributed by atoms with Crippen LogP contribution in [0.15, 0.2) is 0 Å². The lowest BCUT2D eigenvalue weighted by atomic mass is 9.90. The molecule has 7 heteroatoms. The SMILES string of the molecule is CCNCCCN(C)S(=O)(=O)NCC(C)(C)CCOC. The van der Waals surface area contributed by atoms with Crippen molar-refractivity contribution in [3.63, 3.8) is 0 Å². The van der Waals surface area contributed by atoms with E-state index in [9.17, 15) is 8.42 Å². The Hall–Kier alpha value is -0.210. The first-order valence-electron chi connectivity index (χ1n) is 7.16. The average Bonchev–Trinajstić information content (AvgIpc) is 2.39. The Morgan fingerprint density at radius 3 is 2.50 bits per heavy atom. The largest absolute Gasteiger partial charge is 0.385 e. The lowest BCUT2D eigenvalue weighted by Gasteiger charge is -2.26. The summed E-state index contributed by atoms with van der Waals surface area (Å²) in [7, 11) is -0.132. The van der Waals surface area contributed by atoms with Crippen LogP contribution >= 0.6 is 0 Å². The summed E-state index contributed by atoms with van der Waals surface area (Å²) in [6.07, 6.45) is 1.62. The predicted octanol–water partition coefficient (Wildman–Crippen LogP) is 0.815. The van der Waals surface area contributed by atoms with E-state index in [-0.39, 0.29) is 5.41 Å². The van der Waals surface area contributed by atoms with Gasteiger partial charge in [-0.15, -0.1) is 0 Å². The number of rotatable bonds is 12. The van der Waals surface area contributed by atoms with E-state index in [1.165, 1.54) is 4.31 Å². The first kappa shape index (κ1) is 19.8. The maximum atomic E-state index is 12.1. The van der Waals surface area contributed by atoms with E-state index in [1.54, 1.807) is 14.2 Å². The molecule has 0 heterocycles. The van der Waals surface area contributed by atoms with E-state index in [1.807, 2.05) is 20.8 Å². The molecule has 0 unspecified atom stereocenters. The highest BCUT2D eigenvalue weighted by Crippen LogP contribution is 2.19. The first-order chi connectivity index (χ1) is 9.25. The monoisotopic (exact) mass is 309 g/mol. The van der Waals surface area contributed by atoms with Crippen molar-refractivity contribution in [2.24, 2.45) is 5.41 Å². The normalized spacial score (nSPS) is 13.1. The zero-order valence-electron chi connectivity index (χ0n) is 13.5. The van der Waals surface area contributed by atoms with E-state index < -0.39 is 10.2 Å². The Morgan fingerprint density at radius 2 is 1.95 bits per heavy atom. The van der Waals surface area contributed by atoms with Gasteiger partial charge < -0.3 is 10.1 Å². The summed E-state index contributed by atoms with van der Waals surface area (Å²) in [5.74, 6) is 0. The first-order valence-corrected chi connectivity index (χ1v) is 8.60. The summed E-state index contributed by atoms with van der Waals surface area (Å²) in [4.78, 5) is 0. The van der Waals surface area contributed by atoms with Gasteiger partial charge in [0, 0.05) is 33.9 Å². The van der Waals surface area contributed by atoms with Crippen molar-refractivity contribution in [2.45, 2.75) is 33.6 Å². The molecule has 0 rings (SSSR count). The number of hydrogen-bond acceptors (Lipinski definition) is 4. The molecular formula is C13H31N3O3S. The molecule has 0 amide bonds. The molecule has 0 fully saturated rings. The average molecular weight is 309 g/mol. The minimum Gasteiger partial charge on any atom is -0.385 e. The van der Waals surface area contributed by atoms with Crippen LogP contribution < -0.4 is 10.0 Å². The van der Waals surface area contributed by atoms with Crippen molar-refractivity contribution in [2.75, 3.05) is 46.9 Å². The van der Waals surface area contributed by atoms with Crippen LogP contribution in [0.4, 0.5) is 0 Å². The van der Waals surface area contributed by atoms with E-state index in [0.29, 0.717) is 19.7 Å². The molecule has 0 spiro atoms. The molecule has 0 aliphatic heterocycles. The van der Waals surface area contributed by atoms with Crippen LogP contribution in [0.5, 0.6) is 0 Å². The van der Waals surface area contributed by atoms with Crippen molar-refractivity contribution in [3.05, 3.63) is 0 Å². The molecule has 0 aliphatic carbocycles. The van der Waals surface area contributed by atoms with Crippen LogP contribution in [0.25, 0.3) is 0 Å². The van der Waals surface area contributed by atoms with Gasteiger partial charge in [-0.05, 0) is 31.3 Å². The van der Waals surface area contributed by atoms with Crippen molar-refractivity contribution in [1.29, 1.82) is 0 Å². The number of nitrogens with zero attached hydrogens (tertiary/aromatic N) is 1. The molecule has 0 saturated carbocycles. The van der Waals surface area contributed by atoms with Crippen LogP contribution in [-0.4, -0.2) is 59.7 Å². The van der Waals surface area contributed by atoms with Gasteiger partial charge in [-0.2, -0.15) is 12.7 Å². The van der Waals surface area contributed by atoms with Gasteiger partial charge >= 0.3 is 0 Å².